The molecule has 6 heteroatoms. The molecule has 2 N–H and O–H groups in total. The fourth-order valence-corrected chi connectivity index (χ4v) is 3.32. The molecule has 0 aliphatic carbocycles. The second-order valence-corrected chi connectivity index (χ2v) is 7.75. The van der Waals surface area contributed by atoms with Crippen molar-refractivity contribution >= 4 is 11.9 Å². The molecule has 2 aliphatic heterocycles. The molecule has 0 saturated carbocycles. The zero-order chi connectivity index (χ0) is 17.0. The van der Waals surface area contributed by atoms with Gasteiger partial charge in [-0.05, 0) is 37.6 Å². The Labute approximate surface area is 138 Å². The number of nitrogens with zero attached hydrogens (tertiary/aromatic N) is 1. The SMILES string of the molecule is CC(C)(C)C(OC1CCN(C(=O)C2CCCCN2)CC1)C(=O)O. The van der Waals surface area contributed by atoms with E-state index in [1.54, 1.807) is 0 Å². The molecule has 1 amide bonds. The molecule has 0 spiro atoms. The van der Waals surface area contributed by atoms with Gasteiger partial charge >= 0.3 is 5.97 Å². The number of carboxylic acid groups (broad SMARTS) is 1. The lowest BCUT2D eigenvalue weighted by Crippen LogP contribution is -2.52. The van der Waals surface area contributed by atoms with Crippen molar-refractivity contribution in [1.82, 2.24) is 10.2 Å². The van der Waals surface area contributed by atoms with Gasteiger partial charge in [0.25, 0.3) is 0 Å². The van der Waals surface area contributed by atoms with E-state index in [2.05, 4.69) is 5.32 Å². The predicted octanol–water partition coefficient (Wildman–Crippen LogP) is 1.64. The van der Waals surface area contributed by atoms with Gasteiger partial charge in [-0.3, -0.25) is 4.79 Å². The van der Waals surface area contributed by atoms with Crippen molar-refractivity contribution in [2.24, 2.45) is 5.41 Å². The number of carboxylic acids is 1. The van der Waals surface area contributed by atoms with Gasteiger partial charge in [-0.2, -0.15) is 0 Å². The van der Waals surface area contributed by atoms with Gasteiger partial charge in [-0.1, -0.05) is 27.2 Å². The average molecular weight is 326 g/mol. The van der Waals surface area contributed by atoms with E-state index in [1.165, 1.54) is 0 Å². The number of carbonyl (C=O) groups excluding carboxylic acids is 1. The molecule has 0 radical (unpaired) electrons. The summed E-state index contributed by atoms with van der Waals surface area (Å²) in [6, 6.07) is -0.0393. The highest BCUT2D eigenvalue weighted by atomic mass is 16.5. The molecule has 0 aromatic rings. The summed E-state index contributed by atoms with van der Waals surface area (Å²) in [5, 5.41) is 12.6. The molecule has 2 atom stereocenters. The maximum Gasteiger partial charge on any atom is 0.333 e. The van der Waals surface area contributed by atoms with Gasteiger partial charge in [-0.15, -0.1) is 0 Å². The first-order valence-corrected chi connectivity index (χ1v) is 8.69. The number of rotatable bonds is 4. The molecule has 23 heavy (non-hydrogen) atoms. The van der Waals surface area contributed by atoms with Gasteiger partial charge in [0.15, 0.2) is 6.10 Å². The highest BCUT2D eigenvalue weighted by Gasteiger charge is 2.36. The molecule has 0 aromatic carbocycles. The lowest BCUT2D eigenvalue weighted by molar-refractivity contribution is -0.167. The topological polar surface area (TPSA) is 78.9 Å². The Balaban J connectivity index is 1.83. The Bertz CT molecular complexity index is 419. The van der Waals surface area contributed by atoms with E-state index >= 15 is 0 Å². The maximum atomic E-state index is 12.5. The van der Waals surface area contributed by atoms with Crippen LogP contribution in [0, 0.1) is 5.41 Å². The summed E-state index contributed by atoms with van der Waals surface area (Å²) in [5.74, 6) is -0.726. The molecule has 0 bridgehead atoms. The molecular formula is C17H30N2O4. The first kappa shape index (κ1) is 18.2. The third-order valence-electron chi connectivity index (χ3n) is 4.70. The summed E-state index contributed by atoms with van der Waals surface area (Å²) in [7, 11) is 0. The third-order valence-corrected chi connectivity index (χ3v) is 4.70. The van der Waals surface area contributed by atoms with Crippen LogP contribution >= 0.6 is 0 Å². The standard InChI is InChI=1S/C17H30N2O4/c1-17(2,3)14(16(21)22)23-12-7-10-19(11-8-12)15(20)13-6-4-5-9-18-13/h12-14,18H,4-11H2,1-3H3,(H,21,22). The molecule has 2 rings (SSSR count). The quantitative estimate of drug-likeness (QED) is 0.821. The summed E-state index contributed by atoms with van der Waals surface area (Å²) < 4.78 is 5.84. The van der Waals surface area contributed by atoms with E-state index in [4.69, 9.17) is 4.74 Å². The normalized spacial score (nSPS) is 25.2. The van der Waals surface area contributed by atoms with Crippen molar-refractivity contribution in [3.05, 3.63) is 0 Å². The minimum absolute atomic E-state index is 0.0393. The third kappa shape index (κ3) is 4.91. The van der Waals surface area contributed by atoms with Crippen LogP contribution in [0.4, 0.5) is 0 Å². The lowest BCUT2D eigenvalue weighted by atomic mass is 9.88. The van der Waals surface area contributed by atoms with Crippen LogP contribution in [0.15, 0.2) is 0 Å². The van der Waals surface area contributed by atoms with Crippen molar-refractivity contribution in [2.75, 3.05) is 19.6 Å². The van der Waals surface area contributed by atoms with Crippen LogP contribution < -0.4 is 5.32 Å². The zero-order valence-electron chi connectivity index (χ0n) is 14.5. The maximum absolute atomic E-state index is 12.5. The first-order valence-electron chi connectivity index (χ1n) is 8.69. The van der Waals surface area contributed by atoms with Gasteiger partial charge in [0, 0.05) is 13.1 Å². The largest absolute Gasteiger partial charge is 0.479 e. The first-order chi connectivity index (χ1) is 10.8. The second kappa shape index (κ2) is 7.62. The minimum Gasteiger partial charge on any atom is -0.479 e. The molecule has 132 valence electrons. The molecule has 2 aliphatic rings. The fourth-order valence-electron chi connectivity index (χ4n) is 3.32. The van der Waals surface area contributed by atoms with E-state index in [1.807, 2.05) is 25.7 Å². The van der Waals surface area contributed by atoms with E-state index < -0.39 is 17.5 Å². The van der Waals surface area contributed by atoms with Crippen molar-refractivity contribution in [1.29, 1.82) is 0 Å². The molecule has 2 saturated heterocycles. The Kier molecular flexibility index (Phi) is 6.03. The van der Waals surface area contributed by atoms with Gasteiger partial charge in [-0.25, -0.2) is 4.79 Å². The Morgan fingerprint density at radius 1 is 1.17 bits per heavy atom. The number of aliphatic carboxylic acids is 1. The number of amides is 1. The predicted molar refractivity (Wildman–Crippen MR) is 87.2 cm³/mol. The molecule has 2 unspecified atom stereocenters. The van der Waals surface area contributed by atoms with Crippen LogP contribution in [0.1, 0.15) is 52.9 Å². The van der Waals surface area contributed by atoms with Crippen LogP contribution in [0.2, 0.25) is 0 Å². The molecule has 0 aromatic heterocycles. The highest BCUT2D eigenvalue weighted by molar-refractivity contribution is 5.82. The lowest BCUT2D eigenvalue weighted by Gasteiger charge is -2.37. The highest BCUT2D eigenvalue weighted by Crippen LogP contribution is 2.27. The summed E-state index contributed by atoms with van der Waals surface area (Å²) in [6.45, 7) is 7.84. The fraction of sp³-hybridized carbons (Fsp3) is 0.882. The van der Waals surface area contributed by atoms with Crippen LogP contribution in [0.3, 0.4) is 0 Å². The number of carbonyl (C=O) groups is 2. The number of ether oxygens (including phenoxy) is 1. The minimum atomic E-state index is -0.914. The zero-order valence-corrected chi connectivity index (χ0v) is 14.5. The molecule has 2 heterocycles. The van der Waals surface area contributed by atoms with Gasteiger partial charge < -0.3 is 20.1 Å². The smallest absolute Gasteiger partial charge is 0.333 e. The number of likely N-dealkylation sites (tertiary alicyclic amines) is 1. The van der Waals surface area contributed by atoms with Crippen molar-refractivity contribution < 1.29 is 19.4 Å². The van der Waals surface area contributed by atoms with E-state index in [9.17, 15) is 14.7 Å². The van der Waals surface area contributed by atoms with E-state index in [-0.39, 0.29) is 18.1 Å². The number of piperidine rings is 2. The second-order valence-electron chi connectivity index (χ2n) is 7.75. The summed E-state index contributed by atoms with van der Waals surface area (Å²) in [6.07, 6.45) is 3.68. The summed E-state index contributed by atoms with van der Waals surface area (Å²) >= 11 is 0. The van der Waals surface area contributed by atoms with E-state index in [0.29, 0.717) is 25.9 Å². The van der Waals surface area contributed by atoms with Crippen molar-refractivity contribution in [2.45, 2.75) is 71.1 Å². The van der Waals surface area contributed by atoms with Crippen molar-refractivity contribution in [3.8, 4) is 0 Å². The Hall–Kier alpha value is -1.14. The number of hydrogen-bond donors (Lipinski definition) is 2. The molecule has 6 nitrogen and oxygen atoms in total. The van der Waals surface area contributed by atoms with Crippen LogP contribution in [-0.2, 0) is 14.3 Å². The summed E-state index contributed by atoms with van der Waals surface area (Å²) in [4.78, 5) is 25.8. The molecular weight excluding hydrogens is 296 g/mol. The Morgan fingerprint density at radius 2 is 1.83 bits per heavy atom. The van der Waals surface area contributed by atoms with Crippen molar-refractivity contribution in [3.63, 3.8) is 0 Å². The monoisotopic (exact) mass is 326 g/mol. The van der Waals surface area contributed by atoms with Crippen LogP contribution in [0.25, 0.3) is 0 Å². The van der Waals surface area contributed by atoms with E-state index in [0.717, 1.165) is 25.8 Å². The number of nitrogens with one attached hydrogen (secondary N) is 1. The van der Waals surface area contributed by atoms with Gasteiger partial charge in [0.1, 0.15) is 0 Å². The van der Waals surface area contributed by atoms with Crippen LogP contribution in [0.5, 0.6) is 0 Å². The van der Waals surface area contributed by atoms with Crippen LogP contribution in [-0.4, -0.2) is 59.8 Å². The summed E-state index contributed by atoms with van der Waals surface area (Å²) in [5.41, 5.74) is -0.440. The van der Waals surface area contributed by atoms with Gasteiger partial charge in [0.2, 0.25) is 5.91 Å². The molecule has 2 fully saturated rings. The average Bonchev–Trinajstić information content (AvgIpc) is 2.52. The van der Waals surface area contributed by atoms with Gasteiger partial charge in [0.05, 0.1) is 12.1 Å². The number of hydrogen-bond acceptors (Lipinski definition) is 4. The Morgan fingerprint density at radius 3 is 2.30 bits per heavy atom.